The van der Waals surface area contributed by atoms with Crippen molar-refractivity contribution in [1.29, 1.82) is 0 Å². The van der Waals surface area contributed by atoms with Gasteiger partial charge >= 0.3 is 0 Å². The molecule has 0 radical (unpaired) electrons. The lowest BCUT2D eigenvalue weighted by atomic mass is 9.85. The Morgan fingerprint density at radius 1 is 1.22 bits per heavy atom. The number of likely N-dealkylation sites (N-methyl/N-ethyl adjacent to an activating group) is 1. The van der Waals surface area contributed by atoms with E-state index >= 15 is 0 Å². The number of nitrogens with zero attached hydrogens (tertiary/aromatic N) is 4. The van der Waals surface area contributed by atoms with Crippen LogP contribution in [0.2, 0.25) is 0 Å². The van der Waals surface area contributed by atoms with Crippen molar-refractivity contribution in [3.05, 3.63) is 71.7 Å². The van der Waals surface area contributed by atoms with E-state index in [4.69, 9.17) is 5.73 Å². The predicted molar refractivity (Wildman–Crippen MR) is 103 cm³/mol. The number of benzene rings is 1. The number of guanidine groups is 1. The molecular formula is C20H20N6O. The molecule has 1 aliphatic heterocycles. The number of carbonyl (C=O) groups is 1. The number of carbonyl (C=O) groups excluding carboxylic acids is 1. The van der Waals surface area contributed by atoms with E-state index in [0.29, 0.717) is 11.3 Å². The molecule has 3 heterocycles. The van der Waals surface area contributed by atoms with Crippen LogP contribution in [0.1, 0.15) is 23.7 Å². The monoisotopic (exact) mass is 360 g/mol. The van der Waals surface area contributed by atoms with Crippen molar-refractivity contribution in [3.8, 4) is 11.3 Å². The molecule has 3 N–H and O–H groups in total. The first-order valence-corrected chi connectivity index (χ1v) is 8.75. The van der Waals surface area contributed by atoms with Gasteiger partial charge in [-0.1, -0.05) is 31.2 Å². The smallest absolute Gasteiger partial charge is 0.267 e. The van der Waals surface area contributed by atoms with Crippen molar-refractivity contribution < 1.29 is 4.79 Å². The van der Waals surface area contributed by atoms with Gasteiger partial charge in [-0.2, -0.15) is 5.10 Å². The second-order valence-electron chi connectivity index (χ2n) is 6.50. The summed E-state index contributed by atoms with van der Waals surface area (Å²) in [6, 6.07) is 13.4. The first-order valence-electron chi connectivity index (χ1n) is 8.75. The van der Waals surface area contributed by atoms with Crippen LogP contribution in [0.25, 0.3) is 11.3 Å². The molecule has 0 saturated heterocycles. The predicted octanol–water partition coefficient (Wildman–Crippen LogP) is 2.06. The number of aliphatic imine (C=N–C) groups is 1. The van der Waals surface area contributed by atoms with Gasteiger partial charge in [-0.15, -0.1) is 0 Å². The number of hydrogen-bond donors (Lipinski definition) is 2. The fourth-order valence-corrected chi connectivity index (χ4v) is 3.32. The highest BCUT2D eigenvalue weighted by Gasteiger charge is 2.50. The molecule has 1 atom stereocenters. The number of nitrogens with one attached hydrogen (secondary N) is 1. The van der Waals surface area contributed by atoms with Crippen molar-refractivity contribution in [2.24, 2.45) is 10.7 Å². The van der Waals surface area contributed by atoms with Crippen LogP contribution in [0.3, 0.4) is 0 Å². The van der Waals surface area contributed by atoms with Gasteiger partial charge in [0.1, 0.15) is 0 Å². The second-order valence-corrected chi connectivity index (χ2v) is 6.50. The number of aryl methyl sites for hydroxylation is 1. The molecule has 1 unspecified atom stereocenters. The van der Waals surface area contributed by atoms with E-state index in [9.17, 15) is 4.79 Å². The third kappa shape index (κ3) is 2.59. The molecule has 7 heteroatoms. The Labute approximate surface area is 157 Å². The lowest BCUT2D eigenvalue weighted by molar-refractivity contribution is -0.129. The minimum absolute atomic E-state index is 0.174. The molecule has 0 saturated carbocycles. The molecule has 1 aliphatic rings. The van der Waals surface area contributed by atoms with Gasteiger partial charge < -0.3 is 5.73 Å². The summed E-state index contributed by atoms with van der Waals surface area (Å²) in [4.78, 5) is 23.8. The molecule has 27 heavy (non-hydrogen) atoms. The Bertz CT molecular complexity index is 1010. The Hall–Kier alpha value is -3.48. The fraction of sp³-hybridized carbons (Fsp3) is 0.200. The van der Waals surface area contributed by atoms with Crippen molar-refractivity contribution >= 4 is 11.9 Å². The topological polar surface area (TPSA) is 100 Å². The van der Waals surface area contributed by atoms with Crippen LogP contribution in [-0.4, -0.2) is 39.0 Å². The minimum Gasteiger partial charge on any atom is -0.369 e. The Morgan fingerprint density at radius 3 is 2.67 bits per heavy atom. The van der Waals surface area contributed by atoms with Gasteiger partial charge in [0.05, 0.1) is 11.4 Å². The normalized spacial score (nSPS) is 19.4. The second kappa shape index (κ2) is 6.35. The van der Waals surface area contributed by atoms with Crippen molar-refractivity contribution in [2.75, 3.05) is 7.05 Å². The Kier molecular flexibility index (Phi) is 3.99. The zero-order chi connectivity index (χ0) is 19.0. The molecule has 2 aromatic heterocycles. The standard InChI is InChI=1S/C20H20N6O/c1-3-13-7-8-17(22-12-13)20(18(27)26(2)19(21)24-20)15-6-4-5-14(11-15)16-9-10-23-25-16/h4-12H,3H2,1-2H3,(H2,21,24)(H,23,25). The number of pyridine rings is 1. The zero-order valence-corrected chi connectivity index (χ0v) is 15.2. The van der Waals surface area contributed by atoms with Crippen LogP contribution in [0, 0.1) is 0 Å². The zero-order valence-electron chi connectivity index (χ0n) is 15.2. The molecule has 1 amide bonds. The average Bonchev–Trinajstić information content (AvgIpc) is 3.32. The number of amides is 1. The van der Waals surface area contributed by atoms with Gasteiger partial charge in [-0.3, -0.25) is 19.8 Å². The molecule has 0 bridgehead atoms. The summed E-state index contributed by atoms with van der Waals surface area (Å²) in [7, 11) is 1.63. The number of H-pyrrole nitrogens is 1. The number of aromatic amines is 1. The van der Waals surface area contributed by atoms with Crippen LogP contribution in [0.5, 0.6) is 0 Å². The molecule has 7 nitrogen and oxygen atoms in total. The van der Waals surface area contributed by atoms with E-state index in [1.165, 1.54) is 4.90 Å². The molecule has 0 spiro atoms. The van der Waals surface area contributed by atoms with E-state index in [0.717, 1.165) is 23.2 Å². The molecule has 3 aromatic rings. The summed E-state index contributed by atoms with van der Waals surface area (Å²) >= 11 is 0. The van der Waals surface area contributed by atoms with E-state index in [1.807, 2.05) is 42.5 Å². The first kappa shape index (κ1) is 17.0. The maximum atomic E-state index is 13.3. The van der Waals surface area contributed by atoms with Crippen molar-refractivity contribution in [1.82, 2.24) is 20.1 Å². The molecule has 4 rings (SSSR count). The summed E-state index contributed by atoms with van der Waals surface area (Å²) in [6.07, 6.45) is 4.34. The highest BCUT2D eigenvalue weighted by molar-refractivity contribution is 6.08. The van der Waals surface area contributed by atoms with E-state index < -0.39 is 5.54 Å². The summed E-state index contributed by atoms with van der Waals surface area (Å²) < 4.78 is 0. The molecule has 0 aliphatic carbocycles. The van der Waals surface area contributed by atoms with Crippen LogP contribution in [0.15, 0.2) is 59.9 Å². The molecule has 0 fully saturated rings. The minimum atomic E-state index is -1.29. The van der Waals surface area contributed by atoms with Gasteiger partial charge in [0.15, 0.2) is 5.96 Å². The van der Waals surface area contributed by atoms with Crippen LogP contribution in [0.4, 0.5) is 0 Å². The molecular weight excluding hydrogens is 340 g/mol. The third-order valence-corrected chi connectivity index (χ3v) is 4.94. The first-order chi connectivity index (χ1) is 13.1. The SMILES string of the molecule is CCc1ccc(C2(c3cccc(-c4ccn[nH]4)c3)N=C(N)N(C)C2=O)nc1. The molecule has 136 valence electrons. The Morgan fingerprint density at radius 2 is 2.07 bits per heavy atom. The molecule has 1 aromatic carbocycles. The third-order valence-electron chi connectivity index (χ3n) is 4.94. The summed E-state index contributed by atoms with van der Waals surface area (Å²) in [5, 5.41) is 6.95. The van der Waals surface area contributed by atoms with Gasteiger partial charge in [-0.25, -0.2) is 4.99 Å². The Balaban J connectivity index is 1.92. The number of rotatable bonds is 4. The maximum Gasteiger partial charge on any atom is 0.267 e. The average molecular weight is 360 g/mol. The highest BCUT2D eigenvalue weighted by Crippen LogP contribution is 2.39. The lowest BCUT2D eigenvalue weighted by Gasteiger charge is -2.25. The van der Waals surface area contributed by atoms with Gasteiger partial charge in [-0.05, 0) is 41.3 Å². The van der Waals surface area contributed by atoms with E-state index in [-0.39, 0.29) is 11.9 Å². The quantitative estimate of drug-likeness (QED) is 0.744. The fourth-order valence-electron chi connectivity index (χ4n) is 3.32. The van der Waals surface area contributed by atoms with Crippen LogP contribution < -0.4 is 5.73 Å². The van der Waals surface area contributed by atoms with E-state index in [2.05, 4.69) is 27.1 Å². The summed E-state index contributed by atoms with van der Waals surface area (Å²) in [5.41, 5.74) is 8.85. The van der Waals surface area contributed by atoms with E-state index in [1.54, 1.807) is 19.4 Å². The lowest BCUT2D eigenvalue weighted by Crippen LogP contribution is -2.41. The van der Waals surface area contributed by atoms with Crippen LogP contribution >= 0.6 is 0 Å². The van der Waals surface area contributed by atoms with Gasteiger partial charge in [0.2, 0.25) is 5.54 Å². The van der Waals surface area contributed by atoms with Crippen molar-refractivity contribution in [2.45, 2.75) is 18.9 Å². The van der Waals surface area contributed by atoms with Crippen molar-refractivity contribution in [3.63, 3.8) is 0 Å². The number of aromatic nitrogens is 3. The summed E-state index contributed by atoms with van der Waals surface area (Å²) in [5.74, 6) is -0.0492. The van der Waals surface area contributed by atoms with Crippen LogP contribution in [-0.2, 0) is 16.8 Å². The van der Waals surface area contributed by atoms with Gasteiger partial charge in [0.25, 0.3) is 5.91 Å². The van der Waals surface area contributed by atoms with Gasteiger partial charge in [0, 0.05) is 19.4 Å². The highest BCUT2D eigenvalue weighted by atomic mass is 16.2. The number of hydrogen-bond acceptors (Lipinski definition) is 5. The summed E-state index contributed by atoms with van der Waals surface area (Å²) in [6.45, 7) is 2.06. The maximum absolute atomic E-state index is 13.3. The largest absolute Gasteiger partial charge is 0.369 e. The number of nitrogens with two attached hydrogens (primary N) is 1.